The predicted molar refractivity (Wildman–Crippen MR) is 68.5 cm³/mol. The summed E-state index contributed by atoms with van der Waals surface area (Å²) in [5.74, 6) is -1.61. The molecule has 0 atom stereocenters. The SMILES string of the molecule is O=C(O)c1cc(F)ccc1NC1CCCCCC1. The summed E-state index contributed by atoms with van der Waals surface area (Å²) in [5.41, 5.74) is 0.537. The van der Waals surface area contributed by atoms with E-state index in [1.807, 2.05) is 0 Å². The number of aromatic carboxylic acids is 1. The molecule has 1 aliphatic rings. The predicted octanol–water partition coefficient (Wildman–Crippen LogP) is 3.66. The Balaban J connectivity index is 2.14. The second-order valence-electron chi connectivity index (χ2n) is 4.83. The molecule has 0 aliphatic heterocycles. The normalized spacial score (nSPS) is 17.2. The van der Waals surface area contributed by atoms with Gasteiger partial charge in [-0.2, -0.15) is 0 Å². The molecular weight excluding hydrogens is 233 g/mol. The van der Waals surface area contributed by atoms with Gasteiger partial charge in [-0.3, -0.25) is 0 Å². The summed E-state index contributed by atoms with van der Waals surface area (Å²) in [6, 6.07) is 4.19. The number of carboxylic acid groups (broad SMARTS) is 1. The van der Waals surface area contributed by atoms with E-state index in [-0.39, 0.29) is 5.56 Å². The summed E-state index contributed by atoms with van der Waals surface area (Å²) >= 11 is 0. The van der Waals surface area contributed by atoms with Crippen molar-refractivity contribution in [2.45, 2.75) is 44.6 Å². The molecule has 0 unspecified atom stereocenters. The van der Waals surface area contributed by atoms with Crippen LogP contribution in [0, 0.1) is 5.82 Å². The number of halogens is 1. The summed E-state index contributed by atoms with van der Waals surface area (Å²) in [4.78, 5) is 11.1. The third-order valence-electron chi connectivity index (χ3n) is 3.43. The molecule has 0 amide bonds. The number of rotatable bonds is 3. The van der Waals surface area contributed by atoms with Gasteiger partial charge in [0, 0.05) is 11.7 Å². The highest BCUT2D eigenvalue weighted by Gasteiger charge is 2.16. The highest BCUT2D eigenvalue weighted by molar-refractivity contribution is 5.94. The van der Waals surface area contributed by atoms with E-state index in [1.165, 1.54) is 37.8 Å². The zero-order valence-corrected chi connectivity index (χ0v) is 10.3. The Kier molecular flexibility index (Phi) is 4.18. The number of hydrogen-bond donors (Lipinski definition) is 2. The van der Waals surface area contributed by atoms with Gasteiger partial charge in [-0.15, -0.1) is 0 Å². The Bertz CT molecular complexity index is 426. The summed E-state index contributed by atoms with van der Waals surface area (Å²) in [7, 11) is 0. The molecule has 3 nitrogen and oxygen atoms in total. The Labute approximate surface area is 106 Å². The average Bonchev–Trinajstić information content (AvgIpc) is 2.60. The Morgan fingerprint density at radius 3 is 2.50 bits per heavy atom. The second-order valence-corrected chi connectivity index (χ2v) is 4.83. The van der Waals surface area contributed by atoms with Gasteiger partial charge in [0.1, 0.15) is 5.82 Å². The molecule has 98 valence electrons. The molecule has 0 aromatic heterocycles. The van der Waals surface area contributed by atoms with Crippen LogP contribution in [0.15, 0.2) is 18.2 Å². The molecule has 1 fully saturated rings. The fourth-order valence-electron chi connectivity index (χ4n) is 2.46. The number of nitrogens with one attached hydrogen (secondary N) is 1. The molecular formula is C14H18FNO2. The lowest BCUT2D eigenvalue weighted by molar-refractivity contribution is 0.0697. The minimum atomic E-state index is -1.09. The van der Waals surface area contributed by atoms with Crippen molar-refractivity contribution in [1.82, 2.24) is 0 Å². The molecule has 1 saturated carbocycles. The first kappa shape index (κ1) is 12.9. The van der Waals surface area contributed by atoms with Crippen molar-refractivity contribution in [2.75, 3.05) is 5.32 Å². The van der Waals surface area contributed by atoms with Crippen LogP contribution >= 0.6 is 0 Å². The third kappa shape index (κ3) is 3.22. The van der Waals surface area contributed by atoms with Gasteiger partial charge in [0.05, 0.1) is 5.56 Å². The van der Waals surface area contributed by atoms with Gasteiger partial charge in [0.15, 0.2) is 0 Å². The van der Waals surface area contributed by atoms with Crippen LogP contribution in [0.25, 0.3) is 0 Å². The Morgan fingerprint density at radius 1 is 1.22 bits per heavy atom. The first-order valence-electron chi connectivity index (χ1n) is 6.46. The fourth-order valence-corrected chi connectivity index (χ4v) is 2.46. The summed E-state index contributed by atoms with van der Waals surface area (Å²) in [6.45, 7) is 0. The number of hydrogen-bond acceptors (Lipinski definition) is 2. The molecule has 2 rings (SSSR count). The van der Waals surface area contributed by atoms with Crippen LogP contribution in [0.2, 0.25) is 0 Å². The van der Waals surface area contributed by atoms with Crippen LogP contribution < -0.4 is 5.32 Å². The Morgan fingerprint density at radius 2 is 1.89 bits per heavy atom. The second kappa shape index (κ2) is 5.85. The molecule has 1 aromatic carbocycles. The molecule has 18 heavy (non-hydrogen) atoms. The van der Waals surface area contributed by atoms with E-state index in [4.69, 9.17) is 5.11 Å². The lowest BCUT2D eigenvalue weighted by Crippen LogP contribution is -2.20. The van der Waals surface area contributed by atoms with E-state index in [0.717, 1.165) is 18.9 Å². The molecule has 0 radical (unpaired) electrons. The maximum Gasteiger partial charge on any atom is 0.337 e. The van der Waals surface area contributed by atoms with E-state index >= 15 is 0 Å². The van der Waals surface area contributed by atoms with Crippen LogP contribution in [-0.2, 0) is 0 Å². The third-order valence-corrected chi connectivity index (χ3v) is 3.43. The van der Waals surface area contributed by atoms with E-state index in [2.05, 4.69) is 5.32 Å². The van der Waals surface area contributed by atoms with Gasteiger partial charge >= 0.3 is 5.97 Å². The summed E-state index contributed by atoms with van der Waals surface area (Å²) in [6.07, 6.45) is 6.93. The van der Waals surface area contributed by atoms with Crippen molar-refractivity contribution in [3.63, 3.8) is 0 Å². The van der Waals surface area contributed by atoms with Gasteiger partial charge in [-0.05, 0) is 31.0 Å². The topological polar surface area (TPSA) is 49.3 Å². The molecule has 2 N–H and O–H groups in total. The lowest BCUT2D eigenvalue weighted by atomic mass is 10.1. The van der Waals surface area contributed by atoms with Crippen LogP contribution in [0.3, 0.4) is 0 Å². The minimum absolute atomic E-state index is 0.0132. The largest absolute Gasteiger partial charge is 0.478 e. The monoisotopic (exact) mass is 251 g/mol. The van der Waals surface area contributed by atoms with Crippen LogP contribution in [0.4, 0.5) is 10.1 Å². The van der Waals surface area contributed by atoms with Gasteiger partial charge in [-0.25, -0.2) is 9.18 Å². The van der Waals surface area contributed by atoms with Crippen molar-refractivity contribution in [1.29, 1.82) is 0 Å². The molecule has 0 saturated heterocycles. The number of carboxylic acids is 1. The standard InChI is InChI=1S/C14H18FNO2/c15-10-7-8-13(12(9-10)14(17)18)16-11-5-3-1-2-4-6-11/h7-9,11,16H,1-6H2,(H,17,18). The highest BCUT2D eigenvalue weighted by Crippen LogP contribution is 2.24. The van der Waals surface area contributed by atoms with Gasteiger partial charge in [-0.1, -0.05) is 25.7 Å². The van der Waals surface area contributed by atoms with Crippen molar-refractivity contribution >= 4 is 11.7 Å². The first-order chi connectivity index (χ1) is 8.66. The van der Waals surface area contributed by atoms with E-state index < -0.39 is 11.8 Å². The minimum Gasteiger partial charge on any atom is -0.478 e. The lowest BCUT2D eigenvalue weighted by Gasteiger charge is -2.19. The smallest absolute Gasteiger partial charge is 0.337 e. The molecule has 0 bridgehead atoms. The number of carbonyl (C=O) groups is 1. The quantitative estimate of drug-likeness (QED) is 0.806. The first-order valence-corrected chi connectivity index (χ1v) is 6.46. The van der Waals surface area contributed by atoms with Gasteiger partial charge in [0.2, 0.25) is 0 Å². The summed E-state index contributed by atoms with van der Waals surface area (Å²) < 4.78 is 13.1. The molecule has 0 spiro atoms. The van der Waals surface area contributed by atoms with Crippen molar-refractivity contribution < 1.29 is 14.3 Å². The van der Waals surface area contributed by atoms with Crippen molar-refractivity contribution in [3.8, 4) is 0 Å². The molecule has 1 aliphatic carbocycles. The molecule has 4 heteroatoms. The molecule has 1 aromatic rings. The number of benzene rings is 1. The Hall–Kier alpha value is -1.58. The van der Waals surface area contributed by atoms with Crippen LogP contribution in [0.5, 0.6) is 0 Å². The molecule has 0 heterocycles. The zero-order chi connectivity index (χ0) is 13.0. The zero-order valence-electron chi connectivity index (χ0n) is 10.3. The highest BCUT2D eigenvalue weighted by atomic mass is 19.1. The van der Waals surface area contributed by atoms with E-state index in [0.29, 0.717) is 11.7 Å². The van der Waals surface area contributed by atoms with Crippen molar-refractivity contribution in [2.24, 2.45) is 0 Å². The van der Waals surface area contributed by atoms with Gasteiger partial charge in [0.25, 0.3) is 0 Å². The maximum atomic E-state index is 13.1. The fraction of sp³-hybridized carbons (Fsp3) is 0.500. The van der Waals surface area contributed by atoms with Gasteiger partial charge < -0.3 is 10.4 Å². The van der Waals surface area contributed by atoms with Crippen LogP contribution in [-0.4, -0.2) is 17.1 Å². The van der Waals surface area contributed by atoms with Crippen molar-refractivity contribution in [3.05, 3.63) is 29.6 Å². The van der Waals surface area contributed by atoms with E-state index in [1.54, 1.807) is 0 Å². The van der Waals surface area contributed by atoms with E-state index in [9.17, 15) is 9.18 Å². The number of anilines is 1. The average molecular weight is 251 g/mol. The maximum absolute atomic E-state index is 13.1. The summed E-state index contributed by atoms with van der Waals surface area (Å²) in [5, 5.41) is 12.3. The van der Waals surface area contributed by atoms with Crippen LogP contribution in [0.1, 0.15) is 48.9 Å².